The predicted octanol–water partition coefficient (Wildman–Crippen LogP) is 0.696. The molecule has 1 aliphatic heterocycles. The summed E-state index contributed by atoms with van der Waals surface area (Å²) in [5, 5.41) is 18.3. The molecule has 0 saturated carbocycles. The Hall–Kier alpha value is -0.610. The molecule has 0 amide bonds. The number of aliphatic carboxylic acids is 1. The molecule has 1 unspecified atom stereocenters. The van der Waals surface area contributed by atoms with Crippen molar-refractivity contribution in [2.75, 3.05) is 13.1 Å². The van der Waals surface area contributed by atoms with Gasteiger partial charge in [-0.05, 0) is 19.3 Å². The van der Waals surface area contributed by atoms with Gasteiger partial charge in [0.1, 0.15) is 6.04 Å². The Morgan fingerprint density at radius 2 is 2.07 bits per heavy atom. The molecule has 4 heteroatoms. The standard InChI is InChI=1S/C10H19NO3/c1-2-3-9(10(13)14)11-6-4-8(12)5-7-11/h8-9,12H,2-7H2,1H3,(H,13,14). The van der Waals surface area contributed by atoms with E-state index in [1.165, 1.54) is 0 Å². The minimum atomic E-state index is -0.733. The normalized spacial score (nSPS) is 22.1. The molecule has 0 spiro atoms. The van der Waals surface area contributed by atoms with Crippen LogP contribution >= 0.6 is 0 Å². The smallest absolute Gasteiger partial charge is 0.320 e. The maximum Gasteiger partial charge on any atom is 0.320 e. The van der Waals surface area contributed by atoms with E-state index in [0.29, 0.717) is 32.4 Å². The highest BCUT2D eigenvalue weighted by atomic mass is 16.4. The van der Waals surface area contributed by atoms with Crippen molar-refractivity contribution in [2.45, 2.75) is 44.8 Å². The SMILES string of the molecule is CCCC(C(=O)O)N1CCC(O)CC1. The van der Waals surface area contributed by atoms with Gasteiger partial charge in [-0.25, -0.2) is 0 Å². The van der Waals surface area contributed by atoms with Crippen LogP contribution in [0.4, 0.5) is 0 Å². The van der Waals surface area contributed by atoms with E-state index in [9.17, 15) is 9.90 Å². The minimum Gasteiger partial charge on any atom is -0.480 e. The number of rotatable bonds is 4. The van der Waals surface area contributed by atoms with Crippen molar-refractivity contribution in [2.24, 2.45) is 0 Å². The van der Waals surface area contributed by atoms with E-state index >= 15 is 0 Å². The van der Waals surface area contributed by atoms with E-state index in [4.69, 9.17) is 5.11 Å². The van der Waals surface area contributed by atoms with Crippen LogP contribution in [0.15, 0.2) is 0 Å². The number of likely N-dealkylation sites (tertiary alicyclic amines) is 1. The molecule has 2 N–H and O–H groups in total. The molecule has 14 heavy (non-hydrogen) atoms. The first-order valence-electron chi connectivity index (χ1n) is 5.30. The first kappa shape index (κ1) is 11.5. The molecule has 0 bridgehead atoms. The summed E-state index contributed by atoms with van der Waals surface area (Å²) in [5.74, 6) is -0.733. The fourth-order valence-electron chi connectivity index (χ4n) is 1.93. The van der Waals surface area contributed by atoms with Gasteiger partial charge < -0.3 is 10.2 Å². The van der Waals surface area contributed by atoms with Crippen LogP contribution in [0.25, 0.3) is 0 Å². The summed E-state index contributed by atoms with van der Waals surface area (Å²) in [6.45, 7) is 3.41. The largest absolute Gasteiger partial charge is 0.480 e. The number of carboxylic acid groups (broad SMARTS) is 1. The van der Waals surface area contributed by atoms with E-state index in [-0.39, 0.29) is 12.1 Å². The Kier molecular flexibility index (Phi) is 4.35. The summed E-state index contributed by atoms with van der Waals surface area (Å²) in [6, 6.07) is -0.354. The fraction of sp³-hybridized carbons (Fsp3) is 0.900. The molecule has 1 atom stereocenters. The van der Waals surface area contributed by atoms with E-state index in [1.807, 2.05) is 11.8 Å². The fourth-order valence-corrected chi connectivity index (χ4v) is 1.93. The zero-order valence-electron chi connectivity index (χ0n) is 8.65. The van der Waals surface area contributed by atoms with Gasteiger partial charge >= 0.3 is 5.97 Å². The lowest BCUT2D eigenvalue weighted by Crippen LogP contribution is -2.46. The van der Waals surface area contributed by atoms with Crippen molar-refractivity contribution >= 4 is 5.97 Å². The number of nitrogens with zero attached hydrogens (tertiary/aromatic N) is 1. The second-order valence-corrected chi connectivity index (χ2v) is 3.91. The summed E-state index contributed by atoms with van der Waals surface area (Å²) in [4.78, 5) is 12.9. The highest BCUT2D eigenvalue weighted by Crippen LogP contribution is 2.16. The lowest BCUT2D eigenvalue weighted by atomic mass is 10.0. The van der Waals surface area contributed by atoms with Gasteiger partial charge in [0.15, 0.2) is 0 Å². The third-order valence-electron chi connectivity index (χ3n) is 2.79. The zero-order chi connectivity index (χ0) is 10.6. The number of carboxylic acids is 1. The van der Waals surface area contributed by atoms with Gasteiger partial charge in [-0.3, -0.25) is 9.69 Å². The third-order valence-corrected chi connectivity index (χ3v) is 2.79. The van der Waals surface area contributed by atoms with Gasteiger partial charge in [0.25, 0.3) is 0 Å². The summed E-state index contributed by atoms with van der Waals surface area (Å²) < 4.78 is 0. The highest BCUT2D eigenvalue weighted by molar-refractivity contribution is 5.73. The molecular formula is C10H19NO3. The number of aliphatic hydroxyl groups is 1. The van der Waals surface area contributed by atoms with Crippen LogP contribution in [-0.4, -0.2) is 46.3 Å². The van der Waals surface area contributed by atoms with Crippen LogP contribution < -0.4 is 0 Å². The van der Waals surface area contributed by atoms with Gasteiger partial charge in [-0.15, -0.1) is 0 Å². The van der Waals surface area contributed by atoms with Crippen molar-refractivity contribution in [1.29, 1.82) is 0 Å². The number of aliphatic hydroxyl groups excluding tert-OH is 1. The first-order chi connectivity index (χ1) is 6.65. The molecule has 1 heterocycles. The number of hydrogen-bond acceptors (Lipinski definition) is 3. The molecule has 0 aromatic carbocycles. The van der Waals surface area contributed by atoms with E-state index < -0.39 is 5.97 Å². The Labute approximate surface area is 84.5 Å². The van der Waals surface area contributed by atoms with Crippen LogP contribution in [0.3, 0.4) is 0 Å². The van der Waals surface area contributed by atoms with Crippen molar-refractivity contribution < 1.29 is 15.0 Å². The molecule has 0 radical (unpaired) electrons. The second-order valence-electron chi connectivity index (χ2n) is 3.91. The van der Waals surface area contributed by atoms with Crippen molar-refractivity contribution in [3.8, 4) is 0 Å². The molecule has 1 aliphatic rings. The van der Waals surface area contributed by atoms with Crippen LogP contribution in [0, 0.1) is 0 Å². The zero-order valence-corrected chi connectivity index (χ0v) is 8.65. The van der Waals surface area contributed by atoms with Gasteiger partial charge in [0, 0.05) is 13.1 Å². The van der Waals surface area contributed by atoms with Crippen molar-refractivity contribution in [1.82, 2.24) is 4.90 Å². The maximum absolute atomic E-state index is 11.0. The monoisotopic (exact) mass is 201 g/mol. The van der Waals surface area contributed by atoms with E-state index in [0.717, 1.165) is 6.42 Å². The number of carbonyl (C=O) groups is 1. The number of hydrogen-bond donors (Lipinski definition) is 2. The molecule has 0 aliphatic carbocycles. The first-order valence-corrected chi connectivity index (χ1v) is 5.30. The lowest BCUT2D eigenvalue weighted by Gasteiger charge is -2.33. The maximum atomic E-state index is 11.0. The average Bonchev–Trinajstić information content (AvgIpc) is 2.15. The quantitative estimate of drug-likeness (QED) is 0.702. The minimum absolute atomic E-state index is 0.234. The highest BCUT2D eigenvalue weighted by Gasteiger charge is 2.27. The summed E-state index contributed by atoms with van der Waals surface area (Å²) in [5.41, 5.74) is 0. The summed E-state index contributed by atoms with van der Waals surface area (Å²) in [7, 11) is 0. The van der Waals surface area contributed by atoms with Gasteiger partial charge in [0.2, 0.25) is 0 Å². The molecule has 1 rings (SSSR count). The van der Waals surface area contributed by atoms with Crippen LogP contribution in [0.5, 0.6) is 0 Å². The molecule has 1 fully saturated rings. The Morgan fingerprint density at radius 1 is 1.50 bits per heavy atom. The Morgan fingerprint density at radius 3 is 2.50 bits per heavy atom. The summed E-state index contributed by atoms with van der Waals surface area (Å²) >= 11 is 0. The second kappa shape index (κ2) is 5.32. The van der Waals surface area contributed by atoms with Gasteiger partial charge in [0.05, 0.1) is 6.10 Å². The van der Waals surface area contributed by atoms with Gasteiger partial charge in [-0.2, -0.15) is 0 Å². The molecular weight excluding hydrogens is 182 g/mol. The number of piperidine rings is 1. The molecule has 0 aromatic rings. The Bertz CT molecular complexity index is 188. The van der Waals surface area contributed by atoms with E-state index in [2.05, 4.69) is 0 Å². The van der Waals surface area contributed by atoms with Gasteiger partial charge in [-0.1, -0.05) is 13.3 Å². The Balaban J connectivity index is 2.47. The molecule has 0 aromatic heterocycles. The molecule has 1 saturated heterocycles. The van der Waals surface area contributed by atoms with E-state index in [1.54, 1.807) is 0 Å². The average molecular weight is 201 g/mol. The third kappa shape index (κ3) is 2.96. The van der Waals surface area contributed by atoms with Crippen molar-refractivity contribution in [3.63, 3.8) is 0 Å². The lowest BCUT2D eigenvalue weighted by molar-refractivity contribution is -0.144. The summed E-state index contributed by atoms with van der Waals surface area (Å²) in [6.07, 6.45) is 2.75. The van der Waals surface area contributed by atoms with Crippen LogP contribution in [0.1, 0.15) is 32.6 Å². The predicted molar refractivity (Wildman–Crippen MR) is 53.1 cm³/mol. The van der Waals surface area contributed by atoms with Crippen molar-refractivity contribution in [3.05, 3.63) is 0 Å². The van der Waals surface area contributed by atoms with Crippen LogP contribution in [0.2, 0.25) is 0 Å². The topological polar surface area (TPSA) is 60.8 Å². The molecule has 4 nitrogen and oxygen atoms in total. The van der Waals surface area contributed by atoms with Crippen LogP contribution in [-0.2, 0) is 4.79 Å². The molecule has 82 valence electrons.